The highest BCUT2D eigenvalue weighted by molar-refractivity contribution is 7.47. The van der Waals surface area contributed by atoms with Crippen LogP contribution in [-0.2, 0) is 27.9 Å². The summed E-state index contributed by atoms with van der Waals surface area (Å²) in [5.41, 5.74) is 0. The van der Waals surface area contributed by atoms with Crippen LogP contribution in [0.25, 0.3) is 0 Å². The summed E-state index contributed by atoms with van der Waals surface area (Å²) in [7, 11) is 1.51. The first-order valence-corrected chi connectivity index (χ1v) is 38.0. The number of rotatable bonds is 67. The van der Waals surface area contributed by atoms with E-state index in [1.807, 2.05) is 33.3 Å². The van der Waals surface area contributed by atoms with Crippen molar-refractivity contribution in [3.05, 3.63) is 48.6 Å². The predicted molar refractivity (Wildman–Crippen MR) is 365 cm³/mol. The molecule has 0 aromatic carbocycles. The number of ether oxygens (including phenoxy) is 1. The Balaban J connectivity index is 5.03. The lowest BCUT2D eigenvalue weighted by Gasteiger charge is -2.27. The number of quaternary nitrogens is 1. The maximum atomic E-state index is 13.6. The highest BCUT2D eigenvalue weighted by Crippen LogP contribution is 2.43. The number of phosphoric acid groups is 1. The smallest absolute Gasteiger partial charge is 0.456 e. The molecule has 1 amide bonds. The molecule has 0 aliphatic rings. The van der Waals surface area contributed by atoms with Gasteiger partial charge in [-0.3, -0.25) is 18.6 Å². The van der Waals surface area contributed by atoms with E-state index in [-0.39, 0.29) is 31.5 Å². The highest BCUT2D eigenvalue weighted by Gasteiger charge is 2.30. The van der Waals surface area contributed by atoms with Gasteiger partial charge in [-0.15, -0.1) is 0 Å². The lowest BCUT2D eigenvalue weighted by molar-refractivity contribution is -0.870. The van der Waals surface area contributed by atoms with Gasteiger partial charge in [-0.25, -0.2) is 4.57 Å². The van der Waals surface area contributed by atoms with Gasteiger partial charge in [0, 0.05) is 12.8 Å². The molecule has 0 rings (SSSR count). The third kappa shape index (κ3) is 64.4. The van der Waals surface area contributed by atoms with Crippen molar-refractivity contribution < 1.29 is 37.3 Å². The van der Waals surface area contributed by atoms with Crippen molar-refractivity contribution in [3.63, 3.8) is 0 Å². The second-order valence-electron chi connectivity index (χ2n) is 26.1. The Morgan fingerprint density at radius 2 is 0.726 bits per heavy atom. The third-order valence-corrected chi connectivity index (χ3v) is 17.5. The number of carbonyl (C=O) groups is 2. The van der Waals surface area contributed by atoms with Gasteiger partial charge in [-0.1, -0.05) is 327 Å². The Hall–Kier alpha value is -2.03. The minimum Gasteiger partial charge on any atom is -0.456 e. The van der Waals surface area contributed by atoms with Crippen molar-refractivity contribution in [1.29, 1.82) is 0 Å². The summed E-state index contributed by atoms with van der Waals surface area (Å²) in [6.07, 6.45) is 81.2. The van der Waals surface area contributed by atoms with E-state index < -0.39 is 20.0 Å². The minimum atomic E-state index is -4.45. The van der Waals surface area contributed by atoms with Gasteiger partial charge < -0.3 is 19.4 Å². The fourth-order valence-electron chi connectivity index (χ4n) is 10.9. The summed E-state index contributed by atoms with van der Waals surface area (Å²) in [4.78, 5) is 37.9. The van der Waals surface area contributed by atoms with Crippen molar-refractivity contribution in [2.45, 2.75) is 373 Å². The van der Waals surface area contributed by atoms with Crippen molar-refractivity contribution >= 4 is 19.7 Å². The molecule has 3 unspecified atom stereocenters. The van der Waals surface area contributed by atoms with Crippen LogP contribution in [0, 0.1) is 0 Å². The normalized spacial score (nSPS) is 13.8. The van der Waals surface area contributed by atoms with E-state index in [1.165, 1.54) is 257 Å². The van der Waals surface area contributed by atoms with E-state index in [0.717, 1.165) is 70.6 Å². The number of esters is 1. The summed E-state index contributed by atoms with van der Waals surface area (Å²) in [5, 5.41) is 3.08. The monoisotopic (exact) mass is 1200 g/mol. The van der Waals surface area contributed by atoms with E-state index in [2.05, 4.69) is 62.5 Å². The van der Waals surface area contributed by atoms with Crippen LogP contribution in [0.3, 0.4) is 0 Å². The number of unbranched alkanes of at least 4 members (excludes halogenated alkanes) is 45. The van der Waals surface area contributed by atoms with Crippen LogP contribution in [0.15, 0.2) is 48.6 Å². The summed E-state index contributed by atoms with van der Waals surface area (Å²) < 4.78 is 30.9. The van der Waals surface area contributed by atoms with E-state index in [4.69, 9.17) is 13.8 Å². The molecule has 0 aliphatic carbocycles. The molecule has 494 valence electrons. The van der Waals surface area contributed by atoms with Gasteiger partial charge >= 0.3 is 13.8 Å². The van der Waals surface area contributed by atoms with Crippen LogP contribution in [0.5, 0.6) is 0 Å². The Bertz CT molecular complexity index is 1570. The molecular weight excluding hydrogens is 1060 g/mol. The molecule has 9 nitrogen and oxygen atoms in total. The van der Waals surface area contributed by atoms with Gasteiger partial charge in [-0.2, -0.15) is 0 Å². The molecule has 2 N–H and O–H groups in total. The third-order valence-electron chi connectivity index (χ3n) is 16.5. The number of nitrogens with one attached hydrogen (secondary N) is 1. The summed E-state index contributed by atoms with van der Waals surface area (Å²) in [5.74, 6) is -0.491. The Morgan fingerprint density at radius 1 is 0.417 bits per heavy atom. The number of amides is 1. The number of hydrogen-bond donors (Lipinski definition) is 2. The number of nitrogens with zero attached hydrogens (tertiary/aromatic N) is 1. The zero-order valence-corrected chi connectivity index (χ0v) is 57.6. The molecule has 0 heterocycles. The second kappa shape index (κ2) is 64.0. The molecule has 0 saturated heterocycles. The summed E-state index contributed by atoms with van der Waals surface area (Å²) >= 11 is 0. The topological polar surface area (TPSA) is 111 Å². The SMILES string of the molecule is CCCCC/C=C\C/C=C\C/C=C\CCCCCCCCCCCCC(=O)OC(/C=C/CCCCCCCCCCCC)C(COP(=O)(O)OCC[N+](C)(C)C)NC(=O)CCCCCCCCCCCCCCCCCCCCCCCCC. The summed E-state index contributed by atoms with van der Waals surface area (Å²) in [6.45, 7) is 7.04. The fourth-order valence-corrected chi connectivity index (χ4v) is 11.6. The predicted octanol–water partition coefficient (Wildman–Crippen LogP) is 23.2. The Morgan fingerprint density at radius 3 is 1.11 bits per heavy atom. The maximum absolute atomic E-state index is 13.6. The van der Waals surface area contributed by atoms with Gasteiger partial charge in [0.2, 0.25) is 5.91 Å². The summed E-state index contributed by atoms with van der Waals surface area (Å²) in [6, 6.07) is -0.848. The van der Waals surface area contributed by atoms with Crippen LogP contribution in [0.2, 0.25) is 0 Å². The van der Waals surface area contributed by atoms with Crippen LogP contribution >= 0.6 is 7.82 Å². The van der Waals surface area contributed by atoms with E-state index >= 15 is 0 Å². The molecule has 84 heavy (non-hydrogen) atoms. The number of allylic oxidation sites excluding steroid dienone is 7. The molecule has 0 aliphatic heterocycles. The molecule has 0 radical (unpaired) electrons. The fraction of sp³-hybridized carbons (Fsp3) is 0.865. The largest absolute Gasteiger partial charge is 0.472 e. The number of hydrogen-bond acceptors (Lipinski definition) is 6. The van der Waals surface area contributed by atoms with Crippen molar-refractivity contribution in [1.82, 2.24) is 5.32 Å². The van der Waals surface area contributed by atoms with Gasteiger partial charge in [0.05, 0.1) is 33.8 Å². The second-order valence-corrected chi connectivity index (χ2v) is 27.6. The molecule has 0 bridgehead atoms. The van der Waals surface area contributed by atoms with Gasteiger partial charge in [0.1, 0.15) is 19.3 Å². The number of likely N-dealkylation sites (N-methyl/N-ethyl adjacent to an activating group) is 1. The van der Waals surface area contributed by atoms with E-state index in [9.17, 15) is 19.0 Å². The quantitative estimate of drug-likeness (QED) is 0.0205. The first-order valence-electron chi connectivity index (χ1n) is 36.5. The van der Waals surface area contributed by atoms with Crippen LogP contribution in [-0.4, -0.2) is 74.3 Å². The zero-order valence-electron chi connectivity index (χ0n) is 56.7. The van der Waals surface area contributed by atoms with Crippen molar-refractivity contribution in [3.8, 4) is 0 Å². The average Bonchev–Trinajstić information content (AvgIpc) is 3.65. The van der Waals surface area contributed by atoms with Crippen LogP contribution in [0.1, 0.15) is 361 Å². The van der Waals surface area contributed by atoms with Crippen molar-refractivity contribution in [2.75, 3.05) is 40.9 Å². The first kappa shape index (κ1) is 82.0. The molecule has 0 aromatic heterocycles. The Labute approximate surface area is 522 Å². The van der Waals surface area contributed by atoms with Crippen molar-refractivity contribution in [2.24, 2.45) is 0 Å². The standard InChI is InChI=1S/C74H141N2O7P/c1-7-10-13-16-19-22-25-28-30-32-34-36-38-40-42-44-46-48-51-54-57-60-63-66-73(77)75-71(70-82-84(79,80)81-69-68-76(4,5)6)72(65-62-59-56-53-50-27-24-21-18-15-12-9-3)83-74(78)67-64-61-58-55-52-49-47-45-43-41-39-37-35-33-31-29-26-23-20-17-14-11-8-2/h20,23,29,31,35,37,62,65,71-72H,7-19,21-22,24-28,30,32-34,36,38-61,63-64,66-70H2,1-6H3,(H-,75,77,79,80)/p+1/b23-20-,31-29-,37-35-,65-62+. The molecular formula is C74H142N2O7P+. The lowest BCUT2D eigenvalue weighted by atomic mass is 10.0. The average molecular weight is 1200 g/mol. The molecule has 0 saturated carbocycles. The zero-order chi connectivity index (χ0) is 61.4. The molecule has 0 fully saturated rings. The first-order chi connectivity index (χ1) is 40.9. The van der Waals surface area contributed by atoms with Crippen LogP contribution in [0.4, 0.5) is 0 Å². The molecule has 0 aromatic rings. The van der Waals surface area contributed by atoms with Gasteiger partial charge in [0.15, 0.2) is 0 Å². The minimum absolute atomic E-state index is 0.0415. The molecule has 10 heteroatoms. The van der Waals surface area contributed by atoms with E-state index in [0.29, 0.717) is 17.4 Å². The molecule has 3 atom stereocenters. The maximum Gasteiger partial charge on any atom is 0.472 e. The van der Waals surface area contributed by atoms with Crippen LogP contribution < -0.4 is 5.32 Å². The number of phosphoric ester groups is 1. The molecule has 0 spiro atoms. The van der Waals surface area contributed by atoms with E-state index in [1.54, 1.807) is 0 Å². The highest BCUT2D eigenvalue weighted by atomic mass is 31.2. The number of carbonyl (C=O) groups excluding carboxylic acids is 2. The lowest BCUT2D eigenvalue weighted by Crippen LogP contribution is -2.47. The van der Waals surface area contributed by atoms with Gasteiger partial charge in [-0.05, 0) is 70.3 Å². The Kier molecular flexibility index (Phi) is 62.4. The van der Waals surface area contributed by atoms with Gasteiger partial charge in [0.25, 0.3) is 0 Å².